The van der Waals surface area contributed by atoms with Crippen molar-refractivity contribution in [1.29, 1.82) is 0 Å². The van der Waals surface area contributed by atoms with E-state index in [1.165, 1.54) is 4.68 Å². The molecule has 0 bridgehead atoms. The summed E-state index contributed by atoms with van der Waals surface area (Å²) in [6.07, 6.45) is -0.446. The minimum absolute atomic E-state index is 0.109. The Balaban J connectivity index is 2.65. The second kappa shape index (κ2) is 5.98. The third-order valence-corrected chi connectivity index (χ3v) is 2.44. The number of aryl methyl sites for hydroxylation is 2. The molecule has 0 unspecified atom stereocenters. The van der Waals surface area contributed by atoms with Gasteiger partial charge in [0.1, 0.15) is 12.6 Å². The van der Waals surface area contributed by atoms with Gasteiger partial charge in [-0.25, -0.2) is 4.79 Å². The molecule has 0 spiro atoms. The number of aromatic nitrogens is 2. The van der Waals surface area contributed by atoms with Crippen LogP contribution in [0.5, 0.6) is 0 Å². The number of carboxylic acids is 1. The van der Waals surface area contributed by atoms with Crippen molar-refractivity contribution in [3.8, 4) is 0 Å². The Bertz CT molecular complexity index is 509. The molecule has 104 valence electrons. The molecule has 2 amide bonds. The normalized spacial score (nSPS) is 11.9. The topological polar surface area (TPSA) is 127 Å². The second-order valence-electron chi connectivity index (χ2n) is 4.21. The first kappa shape index (κ1) is 14.7. The lowest BCUT2D eigenvalue weighted by atomic mass is 10.2. The Hall–Kier alpha value is -2.38. The van der Waals surface area contributed by atoms with Gasteiger partial charge in [-0.05, 0) is 19.9 Å². The molecule has 0 fully saturated rings. The molecule has 0 aliphatic rings. The van der Waals surface area contributed by atoms with E-state index < -0.39 is 30.2 Å². The molecule has 1 aromatic heterocycles. The first-order chi connectivity index (χ1) is 8.79. The molecule has 1 rings (SSSR count). The first-order valence-corrected chi connectivity index (χ1v) is 5.61. The van der Waals surface area contributed by atoms with Crippen LogP contribution in [0.2, 0.25) is 0 Å². The van der Waals surface area contributed by atoms with Crippen molar-refractivity contribution in [2.45, 2.75) is 32.9 Å². The fourth-order valence-corrected chi connectivity index (χ4v) is 1.61. The standard InChI is InChI=1S/C11H16N4O4/c1-6-3-7(2)15(14-6)5-10(17)13-8(11(18)19)4-9(12)16/h3,8H,4-5H2,1-2H3,(H2,12,16)(H,13,17)(H,18,19)/t8-/m1/s1. The zero-order chi connectivity index (χ0) is 14.6. The molecule has 0 aliphatic heterocycles. The van der Waals surface area contributed by atoms with E-state index in [4.69, 9.17) is 10.8 Å². The molecule has 8 heteroatoms. The zero-order valence-electron chi connectivity index (χ0n) is 10.7. The van der Waals surface area contributed by atoms with Crippen molar-refractivity contribution >= 4 is 17.8 Å². The molecular weight excluding hydrogens is 252 g/mol. The highest BCUT2D eigenvalue weighted by Crippen LogP contribution is 2.01. The van der Waals surface area contributed by atoms with Crippen molar-refractivity contribution < 1.29 is 19.5 Å². The second-order valence-corrected chi connectivity index (χ2v) is 4.21. The van der Waals surface area contributed by atoms with Gasteiger partial charge in [0.05, 0.1) is 12.1 Å². The Kier molecular flexibility index (Phi) is 4.62. The van der Waals surface area contributed by atoms with Crippen LogP contribution in [0, 0.1) is 13.8 Å². The van der Waals surface area contributed by atoms with E-state index in [9.17, 15) is 14.4 Å². The van der Waals surface area contributed by atoms with Crippen LogP contribution in [0.4, 0.5) is 0 Å². The number of aliphatic carboxylic acids is 1. The van der Waals surface area contributed by atoms with Crippen molar-refractivity contribution in [3.05, 3.63) is 17.5 Å². The van der Waals surface area contributed by atoms with E-state index in [0.717, 1.165) is 11.4 Å². The Morgan fingerprint density at radius 2 is 2.11 bits per heavy atom. The van der Waals surface area contributed by atoms with Gasteiger partial charge < -0.3 is 16.2 Å². The summed E-state index contributed by atoms with van der Waals surface area (Å²) in [5.74, 6) is -2.64. The number of nitrogens with one attached hydrogen (secondary N) is 1. The van der Waals surface area contributed by atoms with E-state index in [1.807, 2.05) is 0 Å². The van der Waals surface area contributed by atoms with Gasteiger partial charge in [0.25, 0.3) is 0 Å². The van der Waals surface area contributed by atoms with Gasteiger partial charge in [-0.3, -0.25) is 14.3 Å². The summed E-state index contributed by atoms with van der Waals surface area (Å²) in [5, 5.41) is 15.2. The summed E-state index contributed by atoms with van der Waals surface area (Å²) in [6.45, 7) is 3.46. The fraction of sp³-hybridized carbons (Fsp3) is 0.455. The molecule has 0 radical (unpaired) electrons. The fourth-order valence-electron chi connectivity index (χ4n) is 1.61. The molecule has 4 N–H and O–H groups in total. The number of nitrogens with two attached hydrogens (primary N) is 1. The minimum atomic E-state index is -1.32. The average Bonchev–Trinajstić information content (AvgIpc) is 2.55. The van der Waals surface area contributed by atoms with Gasteiger partial charge in [0.2, 0.25) is 11.8 Å². The largest absolute Gasteiger partial charge is 0.480 e. The maximum absolute atomic E-state index is 11.7. The average molecular weight is 268 g/mol. The van der Waals surface area contributed by atoms with Crippen LogP contribution in [0.25, 0.3) is 0 Å². The van der Waals surface area contributed by atoms with Gasteiger partial charge in [-0.1, -0.05) is 0 Å². The summed E-state index contributed by atoms with van der Waals surface area (Å²) in [6, 6.07) is 0.479. The maximum Gasteiger partial charge on any atom is 0.326 e. The highest BCUT2D eigenvalue weighted by atomic mass is 16.4. The van der Waals surface area contributed by atoms with Gasteiger partial charge in [-0.15, -0.1) is 0 Å². The van der Waals surface area contributed by atoms with E-state index in [0.29, 0.717) is 0 Å². The first-order valence-electron chi connectivity index (χ1n) is 5.61. The summed E-state index contributed by atoms with van der Waals surface area (Å²) in [4.78, 5) is 33.2. The van der Waals surface area contributed by atoms with E-state index in [-0.39, 0.29) is 6.54 Å². The zero-order valence-corrected chi connectivity index (χ0v) is 10.7. The molecule has 1 heterocycles. The Morgan fingerprint density at radius 3 is 2.53 bits per heavy atom. The van der Waals surface area contributed by atoms with E-state index >= 15 is 0 Å². The summed E-state index contributed by atoms with van der Waals surface area (Å²) in [7, 11) is 0. The van der Waals surface area contributed by atoms with Gasteiger partial charge in [0.15, 0.2) is 0 Å². The lowest BCUT2D eigenvalue weighted by molar-refractivity contribution is -0.143. The molecule has 8 nitrogen and oxygen atoms in total. The van der Waals surface area contributed by atoms with Crippen LogP contribution in [0.15, 0.2) is 6.07 Å². The van der Waals surface area contributed by atoms with Crippen LogP contribution in [0.3, 0.4) is 0 Å². The third-order valence-electron chi connectivity index (χ3n) is 2.44. The van der Waals surface area contributed by atoms with Crippen LogP contribution >= 0.6 is 0 Å². The number of carbonyl (C=O) groups excluding carboxylic acids is 2. The van der Waals surface area contributed by atoms with E-state index in [2.05, 4.69) is 10.4 Å². The SMILES string of the molecule is Cc1cc(C)n(CC(=O)N[C@H](CC(N)=O)C(=O)O)n1. The number of carboxylic acid groups (broad SMARTS) is 1. The predicted octanol–water partition coefficient (Wildman–Crippen LogP) is -1.06. The summed E-state index contributed by atoms with van der Waals surface area (Å²) in [5.41, 5.74) is 6.46. The van der Waals surface area contributed by atoms with Crippen LogP contribution in [-0.2, 0) is 20.9 Å². The number of rotatable bonds is 6. The quantitative estimate of drug-likeness (QED) is 0.606. The van der Waals surface area contributed by atoms with Crippen molar-refractivity contribution in [2.75, 3.05) is 0 Å². The third kappa shape index (κ3) is 4.41. The summed E-state index contributed by atoms with van der Waals surface area (Å²) >= 11 is 0. The Labute approximate surface area is 109 Å². The molecule has 0 aliphatic carbocycles. The number of hydrogen-bond donors (Lipinski definition) is 3. The number of hydrogen-bond acceptors (Lipinski definition) is 4. The van der Waals surface area contributed by atoms with Gasteiger partial charge >= 0.3 is 5.97 Å². The monoisotopic (exact) mass is 268 g/mol. The number of primary amides is 1. The van der Waals surface area contributed by atoms with Crippen LogP contribution in [-0.4, -0.2) is 38.7 Å². The lowest BCUT2D eigenvalue weighted by Gasteiger charge is -2.13. The number of nitrogens with zero attached hydrogens (tertiary/aromatic N) is 2. The van der Waals surface area contributed by atoms with Crippen LogP contribution < -0.4 is 11.1 Å². The van der Waals surface area contributed by atoms with Crippen LogP contribution in [0.1, 0.15) is 17.8 Å². The molecular formula is C11H16N4O4. The minimum Gasteiger partial charge on any atom is -0.480 e. The molecule has 1 aromatic rings. The smallest absolute Gasteiger partial charge is 0.326 e. The molecule has 0 saturated carbocycles. The Morgan fingerprint density at radius 1 is 1.47 bits per heavy atom. The molecule has 0 saturated heterocycles. The van der Waals surface area contributed by atoms with Crippen molar-refractivity contribution in [1.82, 2.24) is 15.1 Å². The highest BCUT2D eigenvalue weighted by Gasteiger charge is 2.22. The maximum atomic E-state index is 11.7. The summed E-state index contributed by atoms with van der Waals surface area (Å²) < 4.78 is 1.45. The predicted molar refractivity (Wildman–Crippen MR) is 65.1 cm³/mol. The number of carbonyl (C=O) groups is 3. The highest BCUT2D eigenvalue weighted by molar-refractivity contribution is 5.88. The van der Waals surface area contributed by atoms with Crippen molar-refractivity contribution in [3.63, 3.8) is 0 Å². The lowest BCUT2D eigenvalue weighted by Crippen LogP contribution is -2.44. The number of amides is 2. The molecule has 19 heavy (non-hydrogen) atoms. The van der Waals surface area contributed by atoms with E-state index in [1.54, 1.807) is 19.9 Å². The molecule has 1 atom stereocenters. The van der Waals surface area contributed by atoms with Gasteiger partial charge in [-0.2, -0.15) is 5.10 Å². The molecule has 0 aromatic carbocycles. The van der Waals surface area contributed by atoms with Crippen molar-refractivity contribution in [2.24, 2.45) is 5.73 Å². The van der Waals surface area contributed by atoms with Gasteiger partial charge in [0, 0.05) is 5.69 Å².